The molecule has 4 rings (SSSR count). The molecule has 3 aromatic rings. The normalized spacial score (nSPS) is 15.3. The summed E-state index contributed by atoms with van der Waals surface area (Å²) in [5.74, 6) is -1.29. The Hall–Kier alpha value is -4.00. The fourth-order valence-corrected chi connectivity index (χ4v) is 5.49. The molecule has 2 N–H and O–H groups in total. The van der Waals surface area contributed by atoms with Crippen molar-refractivity contribution in [3.8, 4) is 0 Å². The molecule has 0 spiro atoms. The van der Waals surface area contributed by atoms with Crippen LogP contribution in [0.15, 0.2) is 103 Å². The van der Waals surface area contributed by atoms with Crippen LogP contribution >= 0.6 is 0 Å². The number of aromatic carboxylic acids is 1. The predicted octanol–water partition coefficient (Wildman–Crippen LogP) is 7.33. The Balaban J connectivity index is 1.46. The Bertz CT molecular complexity index is 1380. The summed E-state index contributed by atoms with van der Waals surface area (Å²) in [6.45, 7) is 4.72. The Labute approximate surface area is 255 Å². The summed E-state index contributed by atoms with van der Waals surface area (Å²) in [5.41, 5.74) is 6.30. The van der Waals surface area contributed by atoms with Crippen molar-refractivity contribution in [3.63, 3.8) is 0 Å². The van der Waals surface area contributed by atoms with Gasteiger partial charge in [0.05, 0.1) is 18.3 Å². The second-order valence-corrected chi connectivity index (χ2v) is 11.5. The first kappa shape index (κ1) is 31.9. The summed E-state index contributed by atoms with van der Waals surface area (Å²) < 4.78 is 6.68. The molecule has 0 aromatic heterocycles. The number of rotatable bonds is 17. The third kappa shape index (κ3) is 11.0. The Morgan fingerprint density at radius 3 is 2.33 bits per heavy atom. The van der Waals surface area contributed by atoms with Gasteiger partial charge in [0.1, 0.15) is 0 Å². The SMILES string of the molecule is CC1C=CC=C([C@H](CN(CCCCC(=O)O)Cc2ccc(C(=O)O)cc2)OCc2cccc(CCc3ccccc3)c2)C1. The number of benzene rings is 3. The second kappa shape index (κ2) is 16.6. The van der Waals surface area contributed by atoms with Gasteiger partial charge in [-0.15, -0.1) is 0 Å². The maximum absolute atomic E-state index is 11.3. The largest absolute Gasteiger partial charge is 0.481 e. The van der Waals surface area contributed by atoms with Crippen LogP contribution in [0.4, 0.5) is 0 Å². The molecule has 1 unspecified atom stereocenters. The van der Waals surface area contributed by atoms with Crippen molar-refractivity contribution in [1.82, 2.24) is 4.90 Å². The summed E-state index contributed by atoms with van der Waals surface area (Å²) in [4.78, 5) is 24.7. The van der Waals surface area contributed by atoms with Crippen LogP contribution in [0.5, 0.6) is 0 Å². The van der Waals surface area contributed by atoms with Gasteiger partial charge in [-0.25, -0.2) is 4.79 Å². The number of aliphatic carboxylic acids is 1. The third-order valence-electron chi connectivity index (χ3n) is 7.86. The average Bonchev–Trinajstić information content (AvgIpc) is 3.01. The van der Waals surface area contributed by atoms with E-state index in [2.05, 4.69) is 78.6 Å². The smallest absolute Gasteiger partial charge is 0.335 e. The molecule has 6 heteroatoms. The summed E-state index contributed by atoms with van der Waals surface area (Å²) in [7, 11) is 0. The van der Waals surface area contributed by atoms with Crippen molar-refractivity contribution in [2.45, 2.75) is 64.7 Å². The van der Waals surface area contributed by atoms with Gasteiger partial charge in [0.15, 0.2) is 0 Å². The minimum Gasteiger partial charge on any atom is -0.481 e. The van der Waals surface area contributed by atoms with Crippen LogP contribution in [0.2, 0.25) is 0 Å². The molecule has 226 valence electrons. The first-order valence-electron chi connectivity index (χ1n) is 15.2. The lowest BCUT2D eigenvalue weighted by atomic mass is 9.92. The number of unbranched alkanes of at least 4 members (excludes halogenated alkanes) is 1. The quantitative estimate of drug-likeness (QED) is 0.162. The van der Waals surface area contributed by atoms with E-state index < -0.39 is 11.9 Å². The molecule has 6 nitrogen and oxygen atoms in total. The number of nitrogens with zero attached hydrogens (tertiary/aromatic N) is 1. The van der Waals surface area contributed by atoms with Crippen LogP contribution in [-0.4, -0.2) is 46.2 Å². The molecule has 3 aromatic carbocycles. The zero-order valence-corrected chi connectivity index (χ0v) is 25.0. The molecule has 0 heterocycles. The summed E-state index contributed by atoms with van der Waals surface area (Å²) in [6.07, 6.45) is 10.8. The van der Waals surface area contributed by atoms with Crippen LogP contribution in [0, 0.1) is 5.92 Å². The fraction of sp³-hybridized carbons (Fsp3) is 0.351. The number of ether oxygens (including phenoxy) is 1. The number of carboxylic acids is 2. The van der Waals surface area contributed by atoms with Crippen LogP contribution < -0.4 is 0 Å². The van der Waals surface area contributed by atoms with Crippen LogP contribution in [0.1, 0.15) is 65.2 Å². The first-order valence-corrected chi connectivity index (χ1v) is 15.2. The van der Waals surface area contributed by atoms with Gasteiger partial charge in [-0.3, -0.25) is 9.69 Å². The highest BCUT2D eigenvalue weighted by Gasteiger charge is 2.22. The molecule has 0 bridgehead atoms. The summed E-state index contributed by atoms with van der Waals surface area (Å²) in [5, 5.41) is 18.4. The molecule has 0 fully saturated rings. The number of hydrogen-bond acceptors (Lipinski definition) is 4. The molecular weight excluding hydrogens is 538 g/mol. The molecule has 0 saturated carbocycles. The van der Waals surface area contributed by atoms with Crippen molar-refractivity contribution in [2.24, 2.45) is 5.92 Å². The Kier molecular flexibility index (Phi) is 12.3. The van der Waals surface area contributed by atoms with Crippen LogP contribution in [0.3, 0.4) is 0 Å². The van der Waals surface area contributed by atoms with E-state index in [1.807, 2.05) is 18.2 Å². The third-order valence-corrected chi connectivity index (χ3v) is 7.86. The van der Waals surface area contributed by atoms with Crippen molar-refractivity contribution in [1.29, 1.82) is 0 Å². The zero-order chi connectivity index (χ0) is 30.4. The van der Waals surface area contributed by atoms with Crippen molar-refractivity contribution in [2.75, 3.05) is 13.1 Å². The average molecular weight is 582 g/mol. The van der Waals surface area contributed by atoms with E-state index in [9.17, 15) is 14.7 Å². The molecule has 1 aliphatic carbocycles. The van der Waals surface area contributed by atoms with Crippen LogP contribution in [-0.2, 0) is 35.5 Å². The van der Waals surface area contributed by atoms with Gasteiger partial charge >= 0.3 is 11.9 Å². The Morgan fingerprint density at radius 1 is 0.884 bits per heavy atom. The van der Waals surface area contributed by atoms with Crippen molar-refractivity contribution >= 4 is 11.9 Å². The van der Waals surface area contributed by atoms with E-state index in [1.165, 1.54) is 16.7 Å². The van der Waals surface area contributed by atoms with E-state index in [4.69, 9.17) is 9.84 Å². The molecule has 0 amide bonds. The summed E-state index contributed by atoms with van der Waals surface area (Å²) in [6, 6.07) is 26.2. The van der Waals surface area contributed by atoms with Gasteiger partial charge in [0.25, 0.3) is 0 Å². The molecule has 0 aliphatic heterocycles. The van der Waals surface area contributed by atoms with E-state index in [0.717, 1.165) is 43.4 Å². The molecule has 1 aliphatic rings. The lowest BCUT2D eigenvalue weighted by molar-refractivity contribution is -0.137. The minimum atomic E-state index is -0.943. The number of allylic oxidation sites excluding steroid dienone is 3. The highest BCUT2D eigenvalue weighted by Crippen LogP contribution is 2.25. The van der Waals surface area contributed by atoms with Crippen molar-refractivity contribution < 1.29 is 24.5 Å². The number of carboxylic acid groups (broad SMARTS) is 2. The maximum atomic E-state index is 11.3. The first-order chi connectivity index (χ1) is 20.9. The van der Waals surface area contributed by atoms with Gasteiger partial charge in [0, 0.05) is 19.5 Å². The molecule has 43 heavy (non-hydrogen) atoms. The summed E-state index contributed by atoms with van der Waals surface area (Å²) >= 11 is 0. The van der Waals surface area contributed by atoms with Gasteiger partial charge in [0.2, 0.25) is 0 Å². The van der Waals surface area contributed by atoms with Crippen LogP contribution in [0.25, 0.3) is 0 Å². The lowest BCUT2D eigenvalue weighted by Gasteiger charge is -2.31. The standard InChI is InChI=1S/C37H43NO5/c1-28-9-7-14-34(23-28)35(43-27-32-13-8-12-30(24-32)17-16-29-10-3-2-4-11-29)26-38(22-6-5-15-36(39)40)25-31-18-20-33(21-19-31)37(41)42/h2-4,7-14,18-21,24,28,35H,5-6,15-17,22-23,25-27H2,1H3,(H,39,40)(H,41,42)/t28?,35-/m0/s1. The molecule has 2 atom stereocenters. The van der Waals surface area contributed by atoms with E-state index in [0.29, 0.717) is 32.0 Å². The lowest BCUT2D eigenvalue weighted by Crippen LogP contribution is -2.36. The van der Waals surface area contributed by atoms with E-state index in [-0.39, 0.29) is 18.1 Å². The van der Waals surface area contributed by atoms with Gasteiger partial charge < -0.3 is 14.9 Å². The monoisotopic (exact) mass is 581 g/mol. The topological polar surface area (TPSA) is 87.1 Å². The van der Waals surface area contributed by atoms with Gasteiger partial charge in [-0.1, -0.05) is 91.9 Å². The highest BCUT2D eigenvalue weighted by molar-refractivity contribution is 5.87. The Morgan fingerprint density at radius 2 is 1.60 bits per heavy atom. The minimum absolute atomic E-state index is 0.127. The zero-order valence-electron chi connectivity index (χ0n) is 25.0. The number of hydrogen-bond donors (Lipinski definition) is 2. The second-order valence-electron chi connectivity index (χ2n) is 11.5. The number of carbonyl (C=O) groups is 2. The van der Waals surface area contributed by atoms with Gasteiger partial charge in [-0.05, 0) is 84.5 Å². The number of aryl methyl sites for hydroxylation is 2. The molecule has 0 radical (unpaired) electrons. The molecule has 0 saturated heterocycles. The van der Waals surface area contributed by atoms with E-state index >= 15 is 0 Å². The fourth-order valence-electron chi connectivity index (χ4n) is 5.49. The van der Waals surface area contributed by atoms with E-state index in [1.54, 1.807) is 12.1 Å². The highest BCUT2D eigenvalue weighted by atomic mass is 16.5. The van der Waals surface area contributed by atoms with Gasteiger partial charge in [-0.2, -0.15) is 0 Å². The van der Waals surface area contributed by atoms with Crippen molar-refractivity contribution in [3.05, 3.63) is 130 Å². The molecular formula is C37H43NO5. The predicted molar refractivity (Wildman–Crippen MR) is 170 cm³/mol. The maximum Gasteiger partial charge on any atom is 0.335 e.